The Morgan fingerprint density at radius 2 is 1.79 bits per heavy atom. The summed E-state index contributed by atoms with van der Waals surface area (Å²) in [6.45, 7) is 4.59. The van der Waals surface area contributed by atoms with Crippen LogP contribution in [0.5, 0.6) is 0 Å². The predicted molar refractivity (Wildman–Crippen MR) is 131 cm³/mol. The van der Waals surface area contributed by atoms with Gasteiger partial charge < -0.3 is 19.8 Å². The number of hydrogen-bond donors (Lipinski definition) is 1. The lowest BCUT2D eigenvalue weighted by Crippen LogP contribution is -2.55. The molecule has 1 unspecified atom stereocenters. The predicted octanol–water partition coefficient (Wildman–Crippen LogP) is 1.85. The van der Waals surface area contributed by atoms with Crippen LogP contribution in [-0.4, -0.2) is 86.4 Å². The van der Waals surface area contributed by atoms with Crippen LogP contribution in [0.25, 0.3) is 0 Å². The molecular weight excluding hydrogens is 450 g/mol. The number of carbonyl (C=O) groups excluding carboxylic acids is 3. The van der Waals surface area contributed by atoms with Gasteiger partial charge in [-0.1, -0.05) is 54.6 Å². The molecule has 34 heavy (non-hydrogen) atoms. The van der Waals surface area contributed by atoms with Crippen LogP contribution < -0.4 is 0 Å². The van der Waals surface area contributed by atoms with Crippen molar-refractivity contribution in [3.8, 4) is 0 Å². The van der Waals surface area contributed by atoms with E-state index in [1.54, 1.807) is 33.5 Å². The summed E-state index contributed by atoms with van der Waals surface area (Å²) in [6, 6.07) is 7.84. The Kier molecular flexibility index (Phi) is 5.84. The molecular formula is C26H31N3O4S. The number of benzene rings is 1. The second kappa shape index (κ2) is 8.57. The first-order chi connectivity index (χ1) is 16.3. The molecule has 4 aliphatic heterocycles. The number of aliphatic hydroxyl groups is 1. The molecule has 7 nitrogen and oxygen atoms in total. The average molecular weight is 482 g/mol. The Hall–Kier alpha value is -2.58. The maximum Gasteiger partial charge on any atom is 0.247 e. The van der Waals surface area contributed by atoms with Gasteiger partial charge in [-0.2, -0.15) is 0 Å². The summed E-state index contributed by atoms with van der Waals surface area (Å²) in [6.07, 6.45) is 8.00. The summed E-state index contributed by atoms with van der Waals surface area (Å²) in [5.74, 6) is -1.64. The Balaban J connectivity index is 1.69. The number of likely N-dealkylation sites (N-methyl/N-ethyl adjacent to an activating group) is 1. The van der Waals surface area contributed by atoms with E-state index in [4.69, 9.17) is 0 Å². The van der Waals surface area contributed by atoms with Crippen molar-refractivity contribution in [2.45, 2.75) is 42.0 Å². The van der Waals surface area contributed by atoms with Crippen LogP contribution >= 0.6 is 11.8 Å². The van der Waals surface area contributed by atoms with Gasteiger partial charge in [0.2, 0.25) is 17.7 Å². The highest BCUT2D eigenvalue weighted by Crippen LogP contribution is 2.62. The summed E-state index contributed by atoms with van der Waals surface area (Å²) in [4.78, 5) is 46.9. The zero-order chi connectivity index (χ0) is 24.2. The van der Waals surface area contributed by atoms with Crippen LogP contribution in [0.15, 0.2) is 54.6 Å². The average Bonchev–Trinajstić information content (AvgIpc) is 3.14. The number of likely N-dealkylation sites (tertiary alicyclic amines) is 1. The molecule has 0 aliphatic carbocycles. The molecule has 2 saturated heterocycles. The zero-order valence-electron chi connectivity index (χ0n) is 19.7. The zero-order valence-corrected chi connectivity index (χ0v) is 20.5. The van der Waals surface area contributed by atoms with Gasteiger partial charge in [-0.15, -0.1) is 11.8 Å². The molecule has 0 radical (unpaired) electrons. The van der Waals surface area contributed by atoms with Crippen molar-refractivity contribution < 1.29 is 19.5 Å². The third kappa shape index (κ3) is 3.26. The van der Waals surface area contributed by atoms with Crippen LogP contribution in [-0.2, 0) is 14.4 Å². The van der Waals surface area contributed by atoms with Crippen molar-refractivity contribution in [2.24, 2.45) is 11.8 Å². The number of thioether (sulfide) groups is 1. The Labute approximate surface area is 204 Å². The second-order valence-corrected chi connectivity index (χ2v) is 11.3. The molecule has 0 aromatic heterocycles. The first kappa shape index (κ1) is 23.2. The van der Waals surface area contributed by atoms with Gasteiger partial charge in [0.1, 0.15) is 6.04 Å². The standard InChI is InChI=1S/C26H31N3O4S/c1-16(2)28-14-8-12-26-21(20-19(34-26)11-7-13-27(3)23(20)31)24(32)29(22(26)25(28)33)18(15-30)17-9-5-4-6-10-17/h4-12,16,18-22,30H,13-15H2,1-3H3/t18-,19+,20-,21+,22?,26+/m1/s1. The fourth-order valence-corrected chi connectivity index (χ4v) is 8.04. The highest BCUT2D eigenvalue weighted by Gasteiger charge is 2.71. The minimum absolute atomic E-state index is 0.0443. The number of aliphatic hydroxyl groups excluding tert-OH is 1. The van der Waals surface area contributed by atoms with Crippen LogP contribution in [0.2, 0.25) is 0 Å². The Morgan fingerprint density at radius 3 is 2.47 bits per heavy atom. The molecule has 3 amide bonds. The monoisotopic (exact) mass is 481 g/mol. The molecule has 4 heterocycles. The van der Waals surface area contributed by atoms with Gasteiger partial charge in [0, 0.05) is 31.4 Å². The second-order valence-electron chi connectivity index (χ2n) is 9.83. The van der Waals surface area contributed by atoms with E-state index in [2.05, 4.69) is 0 Å². The van der Waals surface area contributed by atoms with E-state index in [-0.39, 0.29) is 35.6 Å². The summed E-state index contributed by atoms with van der Waals surface area (Å²) in [7, 11) is 1.76. The van der Waals surface area contributed by atoms with Crippen molar-refractivity contribution in [1.82, 2.24) is 14.7 Å². The molecule has 8 heteroatoms. The maximum absolute atomic E-state index is 14.3. The number of nitrogens with zero attached hydrogens (tertiary/aromatic N) is 3. The first-order valence-electron chi connectivity index (χ1n) is 11.9. The van der Waals surface area contributed by atoms with E-state index in [1.165, 1.54) is 0 Å². The molecule has 1 spiro atoms. The minimum Gasteiger partial charge on any atom is -0.394 e. The van der Waals surface area contributed by atoms with Crippen LogP contribution in [0.1, 0.15) is 25.5 Å². The number of fused-ring (bicyclic) bond motifs is 2. The van der Waals surface area contributed by atoms with Gasteiger partial charge in [-0.05, 0) is 19.4 Å². The summed E-state index contributed by atoms with van der Waals surface area (Å²) in [5.41, 5.74) is 0.774. The minimum atomic E-state index is -0.868. The van der Waals surface area contributed by atoms with E-state index in [9.17, 15) is 19.5 Å². The normalized spacial score (nSPS) is 33.7. The van der Waals surface area contributed by atoms with Gasteiger partial charge in [0.05, 0.1) is 29.2 Å². The van der Waals surface area contributed by atoms with Gasteiger partial charge in [-0.3, -0.25) is 14.4 Å². The molecule has 2 fully saturated rings. The quantitative estimate of drug-likeness (QED) is 0.664. The van der Waals surface area contributed by atoms with Crippen LogP contribution in [0.3, 0.4) is 0 Å². The third-order valence-corrected chi connectivity index (χ3v) is 9.39. The smallest absolute Gasteiger partial charge is 0.247 e. The highest BCUT2D eigenvalue weighted by molar-refractivity contribution is 8.02. The number of hydrogen-bond acceptors (Lipinski definition) is 5. The van der Waals surface area contributed by atoms with Crippen molar-refractivity contribution in [2.75, 3.05) is 26.7 Å². The molecule has 1 N–H and O–H groups in total. The molecule has 1 aromatic carbocycles. The molecule has 4 aliphatic rings. The lowest BCUT2D eigenvalue weighted by Gasteiger charge is -2.39. The Bertz CT molecular complexity index is 1060. The maximum atomic E-state index is 14.3. The summed E-state index contributed by atoms with van der Waals surface area (Å²) in [5, 5.41) is 10.3. The van der Waals surface area contributed by atoms with Crippen LogP contribution in [0, 0.1) is 11.8 Å². The largest absolute Gasteiger partial charge is 0.394 e. The first-order valence-corrected chi connectivity index (χ1v) is 12.8. The van der Waals surface area contributed by atoms with Gasteiger partial charge in [0.25, 0.3) is 0 Å². The SMILES string of the molecule is CC(C)N1CC=C[C@]23S[C@H]4C=CCN(C)C(=O)[C@H]4[C@H]2C(=O)N([C@H](CO)c2ccccc2)C3C1=O. The topological polar surface area (TPSA) is 81.2 Å². The molecule has 1 aromatic rings. The van der Waals surface area contributed by atoms with Crippen molar-refractivity contribution in [3.63, 3.8) is 0 Å². The fraction of sp³-hybridized carbons (Fsp3) is 0.500. The van der Waals surface area contributed by atoms with E-state index in [0.717, 1.165) is 5.56 Å². The molecule has 0 bridgehead atoms. The molecule has 5 rings (SSSR count). The fourth-order valence-electron chi connectivity index (χ4n) is 6.05. The number of rotatable bonds is 4. The van der Waals surface area contributed by atoms with Gasteiger partial charge in [0.15, 0.2) is 0 Å². The van der Waals surface area contributed by atoms with E-state index >= 15 is 0 Å². The van der Waals surface area contributed by atoms with E-state index in [1.807, 2.05) is 68.5 Å². The van der Waals surface area contributed by atoms with Crippen molar-refractivity contribution in [3.05, 3.63) is 60.2 Å². The lowest BCUT2D eigenvalue weighted by molar-refractivity contribution is -0.147. The van der Waals surface area contributed by atoms with Crippen molar-refractivity contribution in [1.29, 1.82) is 0 Å². The number of amides is 3. The molecule has 6 atom stereocenters. The van der Waals surface area contributed by atoms with E-state index in [0.29, 0.717) is 13.1 Å². The summed E-state index contributed by atoms with van der Waals surface area (Å²) >= 11 is 1.56. The van der Waals surface area contributed by atoms with Crippen molar-refractivity contribution >= 4 is 29.5 Å². The highest BCUT2D eigenvalue weighted by atomic mass is 32.2. The van der Waals surface area contributed by atoms with E-state index < -0.39 is 28.7 Å². The van der Waals surface area contributed by atoms with Gasteiger partial charge in [-0.25, -0.2) is 0 Å². The third-order valence-electron chi connectivity index (χ3n) is 7.65. The molecule has 0 saturated carbocycles. The van der Waals surface area contributed by atoms with Crippen LogP contribution in [0.4, 0.5) is 0 Å². The Morgan fingerprint density at radius 1 is 1.06 bits per heavy atom. The molecule has 180 valence electrons. The lowest BCUT2D eigenvalue weighted by atomic mass is 9.78. The summed E-state index contributed by atoms with van der Waals surface area (Å²) < 4.78 is -0.868. The van der Waals surface area contributed by atoms with Gasteiger partial charge >= 0.3 is 0 Å². The number of carbonyl (C=O) groups is 3.